The summed E-state index contributed by atoms with van der Waals surface area (Å²) in [4.78, 5) is 0. The van der Waals surface area contributed by atoms with Crippen LogP contribution in [0.1, 0.15) is 25.0 Å². The van der Waals surface area contributed by atoms with Crippen LogP contribution in [0, 0.1) is 0 Å². The highest BCUT2D eigenvalue weighted by Gasteiger charge is 2.21. The van der Waals surface area contributed by atoms with Crippen molar-refractivity contribution in [2.24, 2.45) is 0 Å². The highest BCUT2D eigenvalue weighted by atomic mass is 35.5. The van der Waals surface area contributed by atoms with E-state index in [1.165, 1.54) is 11.1 Å². The van der Waals surface area contributed by atoms with Crippen LogP contribution in [0.5, 0.6) is 5.75 Å². The van der Waals surface area contributed by atoms with E-state index >= 15 is 0 Å². The van der Waals surface area contributed by atoms with Gasteiger partial charge in [-0.05, 0) is 74.2 Å². The number of rotatable bonds is 4. The molecule has 0 fully saturated rings. The second-order valence-electron chi connectivity index (χ2n) is 5.85. The van der Waals surface area contributed by atoms with Crippen LogP contribution in [-0.4, -0.2) is 12.1 Å². The fourth-order valence-electron chi connectivity index (χ4n) is 2.83. The van der Waals surface area contributed by atoms with Crippen LogP contribution in [0.3, 0.4) is 0 Å². The molecule has 0 radical (unpaired) electrons. The molecule has 1 atom stereocenters. The first-order valence-corrected chi connectivity index (χ1v) is 7.78. The average molecular weight is 302 g/mol. The Bertz CT molecular complexity index is 622. The van der Waals surface area contributed by atoms with Gasteiger partial charge in [0.1, 0.15) is 5.75 Å². The number of halogens is 1. The summed E-state index contributed by atoms with van der Waals surface area (Å²) in [6.07, 6.45) is 2.29. The summed E-state index contributed by atoms with van der Waals surface area (Å²) in [6.45, 7) is 4.07. The Morgan fingerprint density at radius 2 is 1.76 bits per heavy atom. The third kappa shape index (κ3) is 3.51. The lowest BCUT2D eigenvalue weighted by molar-refractivity contribution is 0.242. The fraction of sp³-hybridized carbons (Fsp3) is 0.333. The fourth-order valence-corrected chi connectivity index (χ4v) is 3.02. The van der Waals surface area contributed by atoms with Crippen molar-refractivity contribution in [1.82, 2.24) is 0 Å². The van der Waals surface area contributed by atoms with Gasteiger partial charge in [-0.15, -0.1) is 0 Å². The number of anilines is 1. The van der Waals surface area contributed by atoms with E-state index in [9.17, 15) is 0 Å². The van der Waals surface area contributed by atoms with Crippen molar-refractivity contribution in [3.63, 3.8) is 0 Å². The van der Waals surface area contributed by atoms with Gasteiger partial charge in [0.05, 0.1) is 6.10 Å². The van der Waals surface area contributed by atoms with Gasteiger partial charge >= 0.3 is 0 Å². The number of ether oxygens (including phenoxy) is 1. The Labute approximate surface area is 131 Å². The molecule has 2 aromatic rings. The van der Waals surface area contributed by atoms with Crippen LogP contribution in [0.25, 0.3) is 0 Å². The highest BCUT2D eigenvalue weighted by molar-refractivity contribution is 6.30. The van der Waals surface area contributed by atoms with Crippen molar-refractivity contribution < 1.29 is 4.74 Å². The summed E-state index contributed by atoms with van der Waals surface area (Å²) in [6, 6.07) is 14.8. The lowest BCUT2D eigenvalue weighted by Crippen LogP contribution is -2.19. The molecule has 0 saturated heterocycles. The van der Waals surface area contributed by atoms with E-state index in [4.69, 9.17) is 16.3 Å². The molecule has 0 spiro atoms. The van der Waals surface area contributed by atoms with Crippen LogP contribution < -0.4 is 10.1 Å². The minimum Gasteiger partial charge on any atom is -0.491 e. The Balaban J connectivity index is 1.63. The Morgan fingerprint density at radius 3 is 2.48 bits per heavy atom. The Morgan fingerprint density at radius 1 is 1.05 bits per heavy atom. The standard InChI is InChI=1S/C18H20ClNO/c1-12(2)21-18-7-5-16(6-8-18)20-17-10-13-3-4-15(19)9-14(13)11-17/h3-9,12,17,20H,10-11H2,1-2H3. The number of hydrogen-bond acceptors (Lipinski definition) is 2. The first-order valence-electron chi connectivity index (χ1n) is 7.41. The van der Waals surface area contributed by atoms with Gasteiger partial charge in [-0.25, -0.2) is 0 Å². The van der Waals surface area contributed by atoms with Crippen molar-refractivity contribution in [1.29, 1.82) is 0 Å². The lowest BCUT2D eigenvalue weighted by Gasteiger charge is -2.15. The molecular formula is C18H20ClNO. The first-order chi connectivity index (χ1) is 10.1. The summed E-state index contributed by atoms with van der Waals surface area (Å²) in [5.41, 5.74) is 3.89. The smallest absolute Gasteiger partial charge is 0.119 e. The van der Waals surface area contributed by atoms with Crippen LogP contribution in [0.2, 0.25) is 5.02 Å². The molecule has 1 unspecified atom stereocenters. The van der Waals surface area contributed by atoms with Crippen molar-refractivity contribution in [3.8, 4) is 5.75 Å². The molecule has 0 heterocycles. The molecule has 110 valence electrons. The highest BCUT2D eigenvalue weighted by Crippen LogP contribution is 2.27. The Kier molecular flexibility index (Phi) is 4.07. The van der Waals surface area contributed by atoms with Gasteiger partial charge in [-0.3, -0.25) is 0 Å². The summed E-state index contributed by atoms with van der Waals surface area (Å²) in [5.74, 6) is 0.914. The third-order valence-corrected chi connectivity index (χ3v) is 3.93. The molecule has 0 bridgehead atoms. The molecule has 3 heteroatoms. The lowest BCUT2D eigenvalue weighted by atomic mass is 10.1. The van der Waals surface area contributed by atoms with Crippen LogP contribution in [-0.2, 0) is 12.8 Å². The number of nitrogens with one attached hydrogen (secondary N) is 1. The maximum absolute atomic E-state index is 6.06. The SMILES string of the molecule is CC(C)Oc1ccc(NC2Cc3ccc(Cl)cc3C2)cc1. The minimum atomic E-state index is 0.206. The van der Waals surface area contributed by atoms with Crippen LogP contribution in [0.4, 0.5) is 5.69 Å². The molecule has 1 aliphatic rings. The van der Waals surface area contributed by atoms with E-state index in [1.807, 2.05) is 32.0 Å². The van der Waals surface area contributed by atoms with Gasteiger partial charge in [0.25, 0.3) is 0 Å². The van der Waals surface area contributed by atoms with Gasteiger partial charge in [0.15, 0.2) is 0 Å². The minimum absolute atomic E-state index is 0.206. The summed E-state index contributed by atoms with van der Waals surface area (Å²) >= 11 is 6.06. The van der Waals surface area contributed by atoms with Crippen molar-refractivity contribution in [2.75, 3.05) is 5.32 Å². The molecule has 0 aliphatic heterocycles. The third-order valence-electron chi connectivity index (χ3n) is 3.70. The van der Waals surface area contributed by atoms with E-state index < -0.39 is 0 Å². The molecule has 1 N–H and O–H groups in total. The molecule has 0 aromatic heterocycles. The molecule has 3 rings (SSSR count). The second-order valence-corrected chi connectivity index (χ2v) is 6.29. The zero-order chi connectivity index (χ0) is 14.8. The summed E-state index contributed by atoms with van der Waals surface area (Å²) in [7, 11) is 0. The monoisotopic (exact) mass is 301 g/mol. The van der Waals surface area contributed by atoms with Gasteiger partial charge < -0.3 is 10.1 Å². The van der Waals surface area contributed by atoms with Crippen molar-refractivity contribution >= 4 is 17.3 Å². The second kappa shape index (κ2) is 5.98. The molecular weight excluding hydrogens is 282 g/mol. The Hall–Kier alpha value is -1.67. The van der Waals surface area contributed by atoms with Crippen LogP contribution in [0.15, 0.2) is 42.5 Å². The zero-order valence-corrected chi connectivity index (χ0v) is 13.2. The van der Waals surface area contributed by atoms with E-state index in [1.54, 1.807) is 0 Å². The molecule has 21 heavy (non-hydrogen) atoms. The maximum Gasteiger partial charge on any atom is 0.119 e. The van der Waals surface area contributed by atoms with Crippen molar-refractivity contribution in [3.05, 3.63) is 58.6 Å². The molecule has 2 nitrogen and oxygen atoms in total. The zero-order valence-electron chi connectivity index (χ0n) is 12.4. The van der Waals surface area contributed by atoms with E-state index in [0.717, 1.165) is 29.3 Å². The number of fused-ring (bicyclic) bond motifs is 1. The summed E-state index contributed by atoms with van der Waals surface area (Å²) < 4.78 is 5.66. The van der Waals surface area contributed by atoms with E-state index in [-0.39, 0.29) is 6.10 Å². The topological polar surface area (TPSA) is 21.3 Å². The molecule has 2 aromatic carbocycles. The number of hydrogen-bond donors (Lipinski definition) is 1. The molecule has 1 aliphatic carbocycles. The van der Waals surface area contributed by atoms with Gasteiger partial charge in [-0.2, -0.15) is 0 Å². The van der Waals surface area contributed by atoms with Gasteiger partial charge in [0, 0.05) is 16.8 Å². The normalized spacial score (nSPS) is 16.9. The number of benzene rings is 2. The average Bonchev–Trinajstić information content (AvgIpc) is 2.82. The maximum atomic E-state index is 6.06. The largest absolute Gasteiger partial charge is 0.491 e. The molecule has 0 amide bonds. The van der Waals surface area contributed by atoms with Crippen LogP contribution >= 0.6 is 11.6 Å². The first kappa shape index (κ1) is 14.3. The van der Waals surface area contributed by atoms with Gasteiger partial charge in [0.2, 0.25) is 0 Å². The molecule has 0 saturated carbocycles. The van der Waals surface area contributed by atoms with Gasteiger partial charge in [-0.1, -0.05) is 17.7 Å². The van der Waals surface area contributed by atoms with Crippen molar-refractivity contribution in [2.45, 2.75) is 38.8 Å². The quantitative estimate of drug-likeness (QED) is 0.883. The summed E-state index contributed by atoms with van der Waals surface area (Å²) in [5, 5.41) is 4.41. The van der Waals surface area contributed by atoms with E-state index in [0.29, 0.717) is 6.04 Å². The predicted octanol–water partition coefficient (Wildman–Crippen LogP) is 4.71. The van der Waals surface area contributed by atoms with E-state index in [2.05, 4.69) is 29.6 Å². The predicted molar refractivity (Wildman–Crippen MR) is 88.5 cm³/mol.